The molecule has 3 heterocycles. The van der Waals surface area contributed by atoms with Crippen molar-refractivity contribution in [3.05, 3.63) is 46.0 Å². The van der Waals surface area contributed by atoms with Gasteiger partial charge in [0.2, 0.25) is 0 Å². The van der Waals surface area contributed by atoms with Gasteiger partial charge >= 0.3 is 0 Å². The number of nitrogens with one attached hydrogen (secondary N) is 1. The molecule has 0 saturated carbocycles. The minimum absolute atomic E-state index is 0.0782. The summed E-state index contributed by atoms with van der Waals surface area (Å²) in [7, 11) is 0. The predicted molar refractivity (Wildman–Crippen MR) is 82.1 cm³/mol. The summed E-state index contributed by atoms with van der Waals surface area (Å²) in [5.74, 6) is 0.132. The van der Waals surface area contributed by atoms with Gasteiger partial charge in [-0.1, -0.05) is 6.07 Å². The van der Waals surface area contributed by atoms with E-state index in [0.717, 1.165) is 31.7 Å². The third-order valence-electron chi connectivity index (χ3n) is 4.03. The van der Waals surface area contributed by atoms with E-state index in [0.29, 0.717) is 18.1 Å². The Morgan fingerprint density at radius 2 is 2.36 bits per heavy atom. The molecule has 0 bridgehead atoms. The first-order valence-corrected chi connectivity index (χ1v) is 7.50. The summed E-state index contributed by atoms with van der Waals surface area (Å²) in [4.78, 5) is 28.8. The van der Waals surface area contributed by atoms with Gasteiger partial charge in [-0.25, -0.2) is 4.98 Å². The van der Waals surface area contributed by atoms with Crippen LogP contribution < -0.4 is 10.9 Å². The van der Waals surface area contributed by atoms with Crippen molar-refractivity contribution in [2.45, 2.75) is 19.8 Å². The Hall–Kier alpha value is -2.21. The molecule has 1 aliphatic rings. The van der Waals surface area contributed by atoms with Crippen LogP contribution in [0.25, 0.3) is 5.65 Å². The second-order valence-corrected chi connectivity index (χ2v) is 5.61. The Morgan fingerprint density at radius 1 is 1.50 bits per heavy atom. The van der Waals surface area contributed by atoms with Crippen LogP contribution in [0.2, 0.25) is 0 Å². The topological polar surface area (TPSA) is 72.7 Å². The monoisotopic (exact) mass is 301 g/mol. The lowest BCUT2D eigenvalue weighted by Gasteiger charge is -2.09. The zero-order valence-electron chi connectivity index (χ0n) is 12.5. The molecule has 1 amide bonds. The summed E-state index contributed by atoms with van der Waals surface area (Å²) in [5, 5.41) is 2.80. The van der Waals surface area contributed by atoms with Crippen molar-refractivity contribution >= 4 is 11.6 Å². The van der Waals surface area contributed by atoms with Crippen LogP contribution >= 0.6 is 0 Å². The van der Waals surface area contributed by atoms with Crippen LogP contribution in [0.15, 0.2) is 29.2 Å². The Morgan fingerprint density at radius 3 is 3.14 bits per heavy atom. The standard InChI is InChI=1S/C16H19N3O3/c1-11-3-2-4-14-18-9-13(16(21)19(11)14)15(20)17-7-5-12-6-8-22-10-12/h2-4,9,12H,5-8,10H2,1H3,(H,17,20)/t12-/m1/s1. The quantitative estimate of drug-likeness (QED) is 0.920. The lowest BCUT2D eigenvalue weighted by Crippen LogP contribution is -2.33. The minimum Gasteiger partial charge on any atom is -0.381 e. The van der Waals surface area contributed by atoms with E-state index in [1.807, 2.05) is 19.1 Å². The molecule has 0 spiro atoms. The van der Waals surface area contributed by atoms with Gasteiger partial charge in [-0.3, -0.25) is 14.0 Å². The molecule has 0 aliphatic carbocycles. The molecule has 22 heavy (non-hydrogen) atoms. The fraction of sp³-hybridized carbons (Fsp3) is 0.438. The van der Waals surface area contributed by atoms with E-state index in [4.69, 9.17) is 4.74 Å². The summed E-state index contributed by atoms with van der Waals surface area (Å²) in [6.45, 7) is 3.92. The van der Waals surface area contributed by atoms with Gasteiger partial charge < -0.3 is 10.1 Å². The minimum atomic E-state index is -0.367. The molecule has 1 N–H and O–H groups in total. The van der Waals surface area contributed by atoms with Gasteiger partial charge in [0.05, 0.1) is 0 Å². The van der Waals surface area contributed by atoms with E-state index in [9.17, 15) is 9.59 Å². The Kier molecular flexibility index (Phi) is 4.20. The molecule has 0 radical (unpaired) electrons. The number of fused-ring (bicyclic) bond motifs is 1. The lowest BCUT2D eigenvalue weighted by molar-refractivity contribution is 0.0948. The summed E-state index contributed by atoms with van der Waals surface area (Å²) in [6.07, 6.45) is 3.26. The highest BCUT2D eigenvalue weighted by Gasteiger charge is 2.17. The Bertz CT molecular complexity index is 748. The molecule has 2 aromatic rings. The third kappa shape index (κ3) is 2.87. The zero-order valence-corrected chi connectivity index (χ0v) is 12.5. The first-order valence-electron chi connectivity index (χ1n) is 7.50. The average molecular weight is 301 g/mol. The van der Waals surface area contributed by atoms with Crippen LogP contribution in [-0.2, 0) is 4.74 Å². The van der Waals surface area contributed by atoms with Crippen molar-refractivity contribution < 1.29 is 9.53 Å². The van der Waals surface area contributed by atoms with E-state index in [1.165, 1.54) is 10.6 Å². The first kappa shape index (κ1) is 14.7. The highest BCUT2D eigenvalue weighted by atomic mass is 16.5. The van der Waals surface area contributed by atoms with E-state index < -0.39 is 0 Å². The number of carbonyl (C=O) groups is 1. The van der Waals surface area contributed by atoms with Crippen molar-refractivity contribution in [3.8, 4) is 0 Å². The van der Waals surface area contributed by atoms with Gasteiger partial charge in [-0.15, -0.1) is 0 Å². The molecule has 0 aromatic carbocycles. The highest BCUT2D eigenvalue weighted by molar-refractivity contribution is 5.93. The molecular weight excluding hydrogens is 282 g/mol. The third-order valence-corrected chi connectivity index (χ3v) is 4.03. The maximum Gasteiger partial charge on any atom is 0.270 e. The number of hydrogen-bond acceptors (Lipinski definition) is 4. The van der Waals surface area contributed by atoms with Crippen molar-refractivity contribution in [1.82, 2.24) is 14.7 Å². The van der Waals surface area contributed by atoms with Gasteiger partial charge in [0.15, 0.2) is 0 Å². The summed E-state index contributed by atoms with van der Waals surface area (Å²) < 4.78 is 6.76. The Labute approximate surface area is 128 Å². The lowest BCUT2D eigenvalue weighted by atomic mass is 10.1. The van der Waals surface area contributed by atoms with Crippen LogP contribution in [-0.4, -0.2) is 35.1 Å². The van der Waals surface area contributed by atoms with Crippen LogP contribution in [0.3, 0.4) is 0 Å². The van der Waals surface area contributed by atoms with Crippen LogP contribution in [0.4, 0.5) is 0 Å². The molecule has 1 saturated heterocycles. The number of rotatable bonds is 4. The van der Waals surface area contributed by atoms with Crippen molar-refractivity contribution in [1.29, 1.82) is 0 Å². The van der Waals surface area contributed by atoms with Crippen LogP contribution in [0.5, 0.6) is 0 Å². The van der Waals surface area contributed by atoms with Gasteiger partial charge in [0.1, 0.15) is 11.2 Å². The van der Waals surface area contributed by atoms with Gasteiger partial charge in [0.25, 0.3) is 11.5 Å². The number of carbonyl (C=O) groups excluding carboxylic acids is 1. The molecule has 6 heteroatoms. The van der Waals surface area contributed by atoms with E-state index >= 15 is 0 Å². The van der Waals surface area contributed by atoms with Gasteiger partial charge in [-0.2, -0.15) is 0 Å². The number of amides is 1. The highest BCUT2D eigenvalue weighted by Crippen LogP contribution is 2.15. The van der Waals surface area contributed by atoms with Crippen molar-refractivity contribution in [2.24, 2.45) is 5.92 Å². The number of ether oxygens (including phenoxy) is 1. The van der Waals surface area contributed by atoms with Gasteiger partial charge in [0, 0.05) is 31.6 Å². The van der Waals surface area contributed by atoms with Crippen LogP contribution in [0, 0.1) is 12.8 Å². The Balaban J connectivity index is 1.75. The number of aryl methyl sites for hydroxylation is 1. The van der Waals surface area contributed by atoms with Crippen LogP contribution in [0.1, 0.15) is 28.9 Å². The number of pyridine rings is 1. The van der Waals surface area contributed by atoms with Crippen molar-refractivity contribution in [3.63, 3.8) is 0 Å². The fourth-order valence-corrected chi connectivity index (χ4v) is 2.73. The maximum atomic E-state index is 12.5. The molecule has 1 fully saturated rings. The maximum absolute atomic E-state index is 12.5. The molecular formula is C16H19N3O3. The molecule has 1 aliphatic heterocycles. The second kappa shape index (κ2) is 6.27. The zero-order chi connectivity index (χ0) is 15.5. The summed E-state index contributed by atoms with van der Waals surface area (Å²) in [6, 6.07) is 5.40. The first-order chi connectivity index (χ1) is 10.7. The van der Waals surface area contributed by atoms with Crippen molar-refractivity contribution in [2.75, 3.05) is 19.8 Å². The number of nitrogens with zero attached hydrogens (tertiary/aromatic N) is 2. The molecule has 3 rings (SSSR count). The fourth-order valence-electron chi connectivity index (χ4n) is 2.73. The molecule has 116 valence electrons. The van der Waals surface area contributed by atoms with Gasteiger partial charge in [-0.05, 0) is 37.8 Å². The molecule has 6 nitrogen and oxygen atoms in total. The smallest absolute Gasteiger partial charge is 0.270 e. The number of hydrogen-bond donors (Lipinski definition) is 1. The van der Waals surface area contributed by atoms with E-state index in [1.54, 1.807) is 6.07 Å². The molecule has 0 unspecified atom stereocenters. The summed E-state index contributed by atoms with van der Waals surface area (Å²) >= 11 is 0. The molecule has 1 atom stereocenters. The normalized spacial score (nSPS) is 17.8. The second-order valence-electron chi connectivity index (χ2n) is 5.61. The summed E-state index contributed by atoms with van der Waals surface area (Å²) in [5.41, 5.74) is 1.05. The van der Waals surface area contributed by atoms with E-state index in [-0.39, 0.29) is 17.0 Å². The average Bonchev–Trinajstić information content (AvgIpc) is 3.01. The van der Waals surface area contributed by atoms with E-state index in [2.05, 4.69) is 10.3 Å². The number of aromatic nitrogens is 2. The SMILES string of the molecule is Cc1cccc2ncc(C(=O)NCC[C@@H]3CCOC3)c(=O)n12. The molecule has 2 aromatic heterocycles. The predicted octanol–water partition coefficient (Wildman–Crippen LogP) is 1.16. The largest absolute Gasteiger partial charge is 0.381 e.